The fraction of sp³-hybridized carbons (Fsp3) is 0.333. The fourth-order valence-corrected chi connectivity index (χ4v) is 3.77. The van der Waals surface area contributed by atoms with Gasteiger partial charge >= 0.3 is 6.03 Å². The summed E-state index contributed by atoms with van der Waals surface area (Å²) in [6.07, 6.45) is 13.1. The number of urea groups is 1. The summed E-state index contributed by atoms with van der Waals surface area (Å²) in [5.41, 5.74) is 3.50. The van der Waals surface area contributed by atoms with E-state index in [4.69, 9.17) is 0 Å². The first kappa shape index (κ1) is 18.2. The second-order valence-corrected chi connectivity index (χ2v) is 7.07. The van der Waals surface area contributed by atoms with E-state index in [0.717, 1.165) is 49.0 Å². The maximum atomic E-state index is 13.2. The van der Waals surface area contributed by atoms with Gasteiger partial charge in [-0.15, -0.1) is 0 Å². The van der Waals surface area contributed by atoms with Gasteiger partial charge in [0.2, 0.25) is 0 Å². The van der Waals surface area contributed by atoms with Crippen LogP contribution in [0.5, 0.6) is 0 Å². The van der Waals surface area contributed by atoms with Crippen LogP contribution in [-0.4, -0.2) is 37.2 Å². The van der Waals surface area contributed by atoms with Gasteiger partial charge in [-0.25, -0.2) is 4.79 Å². The molecule has 0 bridgehead atoms. The molecule has 1 atom stereocenters. The lowest BCUT2D eigenvalue weighted by molar-refractivity contribution is 0.189. The molecule has 1 aliphatic heterocycles. The van der Waals surface area contributed by atoms with Gasteiger partial charge in [0.1, 0.15) is 5.69 Å². The molecule has 0 radical (unpaired) electrons. The number of nitrogens with zero attached hydrogens (tertiary/aromatic N) is 5. The Morgan fingerprint density at radius 3 is 2.50 bits per heavy atom. The van der Waals surface area contributed by atoms with Gasteiger partial charge in [0.05, 0.1) is 11.7 Å². The van der Waals surface area contributed by atoms with Gasteiger partial charge in [0, 0.05) is 50.1 Å². The van der Waals surface area contributed by atoms with Crippen LogP contribution in [0.25, 0.3) is 11.3 Å². The number of rotatable bonds is 3. The molecule has 144 valence electrons. The van der Waals surface area contributed by atoms with E-state index in [2.05, 4.69) is 20.4 Å². The SMILES string of the molecule is Cn1cc(NC(=O)N2CCCCCC2c2ccncc2)c(-c2ccncc2)n1. The zero-order chi connectivity index (χ0) is 19.3. The molecule has 0 saturated carbocycles. The van der Waals surface area contributed by atoms with Crippen LogP contribution in [0.4, 0.5) is 10.5 Å². The van der Waals surface area contributed by atoms with Gasteiger partial charge < -0.3 is 10.2 Å². The van der Waals surface area contributed by atoms with Crippen LogP contribution in [0, 0.1) is 0 Å². The minimum Gasteiger partial charge on any atom is -0.317 e. The first-order valence-corrected chi connectivity index (χ1v) is 9.64. The number of likely N-dealkylation sites (tertiary alicyclic amines) is 1. The lowest BCUT2D eigenvalue weighted by Gasteiger charge is -2.30. The number of hydrogen-bond donors (Lipinski definition) is 1. The molecule has 7 nitrogen and oxygen atoms in total. The number of nitrogens with one attached hydrogen (secondary N) is 1. The van der Waals surface area contributed by atoms with Crippen molar-refractivity contribution >= 4 is 11.7 Å². The largest absolute Gasteiger partial charge is 0.322 e. The van der Waals surface area contributed by atoms with E-state index in [-0.39, 0.29) is 12.1 Å². The lowest BCUT2D eigenvalue weighted by Crippen LogP contribution is -2.38. The Morgan fingerprint density at radius 1 is 1.04 bits per heavy atom. The molecule has 4 heterocycles. The van der Waals surface area contributed by atoms with Crippen molar-refractivity contribution in [2.45, 2.75) is 31.7 Å². The van der Waals surface area contributed by atoms with Gasteiger partial charge in [-0.05, 0) is 42.7 Å². The predicted molar refractivity (Wildman–Crippen MR) is 108 cm³/mol. The van der Waals surface area contributed by atoms with Crippen molar-refractivity contribution in [3.8, 4) is 11.3 Å². The number of anilines is 1. The van der Waals surface area contributed by atoms with Crippen molar-refractivity contribution in [2.75, 3.05) is 11.9 Å². The topological polar surface area (TPSA) is 75.9 Å². The summed E-state index contributed by atoms with van der Waals surface area (Å²) < 4.78 is 1.72. The fourth-order valence-electron chi connectivity index (χ4n) is 3.77. The molecule has 4 rings (SSSR count). The van der Waals surface area contributed by atoms with Gasteiger partial charge in [0.25, 0.3) is 0 Å². The predicted octanol–water partition coefficient (Wildman–Crippen LogP) is 4.03. The number of carbonyl (C=O) groups excluding carboxylic acids is 1. The normalized spacial score (nSPS) is 17.2. The van der Waals surface area contributed by atoms with E-state index in [9.17, 15) is 4.79 Å². The Labute approximate surface area is 164 Å². The van der Waals surface area contributed by atoms with Crippen molar-refractivity contribution < 1.29 is 4.79 Å². The molecule has 3 aromatic heterocycles. The minimum absolute atomic E-state index is 0.0616. The van der Waals surface area contributed by atoms with Crippen molar-refractivity contribution in [2.24, 2.45) is 7.05 Å². The molecule has 1 N–H and O–H groups in total. The third-order valence-corrected chi connectivity index (χ3v) is 5.13. The Bertz CT molecular complexity index is 925. The number of amides is 2. The van der Waals surface area contributed by atoms with Crippen LogP contribution in [0.15, 0.2) is 55.2 Å². The van der Waals surface area contributed by atoms with Crippen LogP contribution in [0.3, 0.4) is 0 Å². The average Bonchev–Trinajstić information content (AvgIpc) is 2.93. The summed E-state index contributed by atoms with van der Waals surface area (Å²) in [4.78, 5) is 23.4. The zero-order valence-corrected chi connectivity index (χ0v) is 16.0. The smallest absolute Gasteiger partial charge is 0.317 e. The molecule has 1 fully saturated rings. The quantitative estimate of drug-likeness (QED) is 0.749. The Kier molecular flexibility index (Phi) is 5.32. The summed E-state index contributed by atoms with van der Waals surface area (Å²) in [5, 5.41) is 7.62. The number of carbonyl (C=O) groups is 1. The van der Waals surface area contributed by atoms with Crippen molar-refractivity contribution in [3.05, 3.63) is 60.8 Å². The maximum Gasteiger partial charge on any atom is 0.322 e. The summed E-state index contributed by atoms with van der Waals surface area (Å²) in [5.74, 6) is 0. The van der Waals surface area contributed by atoms with Crippen LogP contribution < -0.4 is 5.32 Å². The first-order chi connectivity index (χ1) is 13.7. The summed E-state index contributed by atoms with van der Waals surface area (Å²) in [6, 6.07) is 7.76. The first-order valence-electron chi connectivity index (χ1n) is 9.64. The number of hydrogen-bond acceptors (Lipinski definition) is 4. The van der Waals surface area contributed by atoms with Gasteiger partial charge in [-0.1, -0.05) is 12.8 Å². The Hall–Kier alpha value is -3.22. The van der Waals surface area contributed by atoms with E-state index in [1.807, 2.05) is 42.4 Å². The van der Waals surface area contributed by atoms with E-state index >= 15 is 0 Å². The van der Waals surface area contributed by atoms with Crippen LogP contribution >= 0.6 is 0 Å². The minimum atomic E-state index is -0.0907. The van der Waals surface area contributed by atoms with E-state index < -0.39 is 0 Å². The third kappa shape index (κ3) is 3.88. The molecule has 0 spiro atoms. The van der Waals surface area contributed by atoms with Crippen molar-refractivity contribution in [1.29, 1.82) is 0 Å². The second-order valence-electron chi connectivity index (χ2n) is 7.07. The highest BCUT2D eigenvalue weighted by molar-refractivity contribution is 5.93. The number of aromatic nitrogens is 4. The van der Waals surface area contributed by atoms with E-state index in [0.29, 0.717) is 5.69 Å². The molecule has 1 aliphatic rings. The molecule has 0 aromatic carbocycles. The molecule has 28 heavy (non-hydrogen) atoms. The standard InChI is InChI=1S/C21H24N6O/c1-26-15-18(20(25-26)17-8-12-23-13-9-17)24-21(28)27-14-4-2-3-5-19(27)16-6-10-22-11-7-16/h6-13,15,19H,2-5,14H2,1H3,(H,24,28). The highest BCUT2D eigenvalue weighted by Gasteiger charge is 2.27. The third-order valence-electron chi connectivity index (χ3n) is 5.13. The van der Waals surface area contributed by atoms with Gasteiger partial charge in [-0.2, -0.15) is 5.10 Å². The average molecular weight is 376 g/mol. The highest BCUT2D eigenvalue weighted by atomic mass is 16.2. The molecular formula is C21H24N6O. The molecule has 2 amide bonds. The summed E-state index contributed by atoms with van der Waals surface area (Å²) in [7, 11) is 1.85. The number of pyridine rings is 2. The van der Waals surface area contributed by atoms with Gasteiger partial charge in [-0.3, -0.25) is 14.6 Å². The second kappa shape index (κ2) is 8.21. The molecular weight excluding hydrogens is 352 g/mol. The van der Waals surface area contributed by atoms with Crippen LogP contribution in [-0.2, 0) is 7.05 Å². The summed E-state index contributed by atoms with van der Waals surface area (Å²) >= 11 is 0. The molecule has 3 aromatic rings. The van der Waals surface area contributed by atoms with Gasteiger partial charge in [0.15, 0.2) is 0 Å². The van der Waals surface area contributed by atoms with Crippen molar-refractivity contribution in [1.82, 2.24) is 24.6 Å². The molecule has 7 heteroatoms. The maximum absolute atomic E-state index is 13.2. The highest BCUT2D eigenvalue weighted by Crippen LogP contribution is 2.31. The molecule has 1 saturated heterocycles. The summed E-state index contributed by atoms with van der Waals surface area (Å²) in [6.45, 7) is 0.740. The zero-order valence-electron chi connectivity index (χ0n) is 16.0. The van der Waals surface area contributed by atoms with Crippen LogP contribution in [0.2, 0.25) is 0 Å². The van der Waals surface area contributed by atoms with E-state index in [1.54, 1.807) is 29.5 Å². The Balaban J connectivity index is 1.60. The van der Waals surface area contributed by atoms with Crippen LogP contribution in [0.1, 0.15) is 37.3 Å². The number of aryl methyl sites for hydroxylation is 1. The molecule has 0 aliphatic carbocycles. The monoisotopic (exact) mass is 376 g/mol. The van der Waals surface area contributed by atoms with Crippen molar-refractivity contribution in [3.63, 3.8) is 0 Å². The van der Waals surface area contributed by atoms with E-state index in [1.165, 1.54) is 0 Å². The molecule has 1 unspecified atom stereocenters. The lowest BCUT2D eigenvalue weighted by atomic mass is 10.0. The Morgan fingerprint density at radius 2 is 1.75 bits per heavy atom.